The SMILES string of the molecule is CCCCCCOc1ccc(NC(=O)CN2C(=O)C(C)Oc3ccc(C(=O)CCC)cc32)cc1. The number of ketones is 1. The van der Waals surface area contributed by atoms with Crippen molar-refractivity contribution >= 4 is 29.0 Å². The third-order valence-electron chi connectivity index (χ3n) is 5.67. The number of amides is 2. The molecule has 0 saturated heterocycles. The molecule has 1 heterocycles. The fourth-order valence-corrected chi connectivity index (χ4v) is 3.81. The van der Waals surface area contributed by atoms with Gasteiger partial charge in [-0.2, -0.15) is 0 Å². The highest BCUT2D eigenvalue weighted by atomic mass is 16.5. The largest absolute Gasteiger partial charge is 0.494 e. The maximum absolute atomic E-state index is 12.8. The lowest BCUT2D eigenvalue weighted by Crippen LogP contribution is -2.47. The summed E-state index contributed by atoms with van der Waals surface area (Å²) < 4.78 is 11.4. The first-order valence-corrected chi connectivity index (χ1v) is 12.1. The molecule has 0 aromatic heterocycles. The molecule has 2 aromatic carbocycles. The lowest BCUT2D eigenvalue weighted by atomic mass is 10.0. The zero-order valence-electron chi connectivity index (χ0n) is 20.3. The molecule has 7 nitrogen and oxygen atoms in total. The first kappa shape index (κ1) is 25.3. The molecule has 1 aliphatic heterocycles. The van der Waals surface area contributed by atoms with E-state index in [1.807, 2.05) is 19.1 Å². The summed E-state index contributed by atoms with van der Waals surface area (Å²) in [7, 11) is 0. The number of anilines is 2. The minimum Gasteiger partial charge on any atom is -0.494 e. The summed E-state index contributed by atoms with van der Waals surface area (Å²) in [5, 5.41) is 2.83. The van der Waals surface area contributed by atoms with Crippen LogP contribution in [0.2, 0.25) is 0 Å². The van der Waals surface area contributed by atoms with Crippen LogP contribution in [0.25, 0.3) is 0 Å². The normalized spacial score (nSPS) is 14.9. The fraction of sp³-hybridized carbons (Fsp3) is 0.444. The Bertz CT molecular complexity index is 1000. The van der Waals surface area contributed by atoms with Gasteiger partial charge in [-0.15, -0.1) is 0 Å². The van der Waals surface area contributed by atoms with E-state index in [-0.39, 0.29) is 24.1 Å². The van der Waals surface area contributed by atoms with Crippen molar-refractivity contribution in [2.24, 2.45) is 0 Å². The van der Waals surface area contributed by atoms with Crippen LogP contribution in [-0.4, -0.2) is 36.9 Å². The first-order valence-electron chi connectivity index (χ1n) is 12.1. The lowest BCUT2D eigenvalue weighted by molar-refractivity contribution is -0.127. The number of ether oxygens (including phenoxy) is 2. The quantitative estimate of drug-likeness (QED) is 0.335. The van der Waals surface area contributed by atoms with Crippen LogP contribution in [0.5, 0.6) is 11.5 Å². The minimum absolute atomic E-state index is 0.00607. The van der Waals surface area contributed by atoms with Crippen molar-refractivity contribution in [3.05, 3.63) is 48.0 Å². The molecule has 0 bridgehead atoms. The van der Waals surface area contributed by atoms with Crippen molar-refractivity contribution in [1.82, 2.24) is 0 Å². The summed E-state index contributed by atoms with van der Waals surface area (Å²) in [5.41, 5.74) is 1.55. The Labute approximate surface area is 201 Å². The van der Waals surface area contributed by atoms with Gasteiger partial charge in [-0.1, -0.05) is 33.1 Å². The van der Waals surface area contributed by atoms with E-state index in [4.69, 9.17) is 9.47 Å². The molecule has 34 heavy (non-hydrogen) atoms. The number of benzene rings is 2. The highest BCUT2D eigenvalue weighted by molar-refractivity contribution is 6.07. The van der Waals surface area contributed by atoms with E-state index >= 15 is 0 Å². The molecule has 0 fully saturated rings. The Morgan fingerprint density at radius 2 is 1.79 bits per heavy atom. The number of hydrogen-bond acceptors (Lipinski definition) is 5. The van der Waals surface area contributed by atoms with E-state index in [2.05, 4.69) is 12.2 Å². The number of hydrogen-bond donors (Lipinski definition) is 1. The summed E-state index contributed by atoms with van der Waals surface area (Å²) in [6.07, 6.45) is 5.01. The number of carbonyl (C=O) groups excluding carboxylic acids is 3. The van der Waals surface area contributed by atoms with Crippen LogP contribution < -0.4 is 19.7 Å². The Kier molecular flexibility index (Phi) is 9.08. The molecule has 0 saturated carbocycles. The number of nitrogens with zero attached hydrogens (tertiary/aromatic N) is 1. The summed E-state index contributed by atoms with van der Waals surface area (Å²) in [5.74, 6) is 0.563. The van der Waals surface area contributed by atoms with Crippen LogP contribution in [0.15, 0.2) is 42.5 Å². The Morgan fingerprint density at radius 1 is 1.03 bits per heavy atom. The van der Waals surface area contributed by atoms with Gasteiger partial charge in [0, 0.05) is 17.7 Å². The maximum Gasteiger partial charge on any atom is 0.268 e. The van der Waals surface area contributed by atoms with Crippen LogP contribution >= 0.6 is 0 Å². The van der Waals surface area contributed by atoms with Crippen molar-refractivity contribution in [3.8, 4) is 11.5 Å². The van der Waals surface area contributed by atoms with Crippen molar-refractivity contribution in [2.75, 3.05) is 23.4 Å². The third-order valence-corrected chi connectivity index (χ3v) is 5.67. The van der Waals surface area contributed by atoms with E-state index in [9.17, 15) is 14.4 Å². The smallest absolute Gasteiger partial charge is 0.268 e. The molecular weight excluding hydrogens is 432 g/mol. The van der Waals surface area contributed by atoms with Crippen molar-refractivity contribution in [3.63, 3.8) is 0 Å². The van der Waals surface area contributed by atoms with E-state index in [0.29, 0.717) is 35.7 Å². The van der Waals surface area contributed by atoms with E-state index < -0.39 is 6.10 Å². The third kappa shape index (κ3) is 6.59. The Morgan fingerprint density at radius 3 is 2.50 bits per heavy atom. The summed E-state index contributed by atoms with van der Waals surface area (Å²) in [6, 6.07) is 12.2. The van der Waals surface area contributed by atoms with E-state index in [1.165, 1.54) is 17.7 Å². The van der Waals surface area contributed by atoms with Crippen LogP contribution in [0.3, 0.4) is 0 Å². The number of nitrogens with one attached hydrogen (secondary N) is 1. The van der Waals surface area contributed by atoms with E-state index in [1.54, 1.807) is 37.3 Å². The number of carbonyl (C=O) groups is 3. The molecule has 0 spiro atoms. The highest BCUT2D eigenvalue weighted by Gasteiger charge is 2.33. The van der Waals surface area contributed by atoms with Gasteiger partial charge in [0.25, 0.3) is 5.91 Å². The zero-order chi connectivity index (χ0) is 24.5. The molecule has 1 aliphatic rings. The van der Waals surface area contributed by atoms with Crippen molar-refractivity contribution in [2.45, 2.75) is 65.4 Å². The van der Waals surface area contributed by atoms with Crippen molar-refractivity contribution in [1.29, 1.82) is 0 Å². The molecule has 1 N–H and O–H groups in total. The van der Waals surface area contributed by atoms with Crippen LogP contribution in [-0.2, 0) is 9.59 Å². The second-order valence-electron chi connectivity index (χ2n) is 8.52. The Balaban J connectivity index is 1.64. The summed E-state index contributed by atoms with van der Waals surface area (Å²) in [6.45, 7) is 6.25. The van der Waals surface area contributed by atoms with Crippen LogP contribution in [0, 0.1) is 0 Å². The summed E-state index contributed by atoms with van der Waals surface area (Å²) >= 11 is 0. The number of fused-ring (bicyclic) bond motifs is 1. The summed E-state index contributed by atoms with van der Waals surface area (Å²) in [4.78, 5) is 39.3. The predicted octanol–water partition coefficient (Wildman–Crippen LogP) is 5.38. The fourth-order valence-electron chi connectivity index (χ4n) is 3.81. The van der Waals surface area contributed by atoms with Gasteiger partial charge in [0.1, 0.15) is 18.0 Å². The number of Topliss-reactive ketones (excluding diaryl/α,β-unsaturated/α-hetero) is 1. The standard InChI is InChI=1S/C27H34N2O5/c1-4-6-7-8-16-33-22-13-11-21(12-14-22)28-26(31)18-29-23-17-20(24(30)9-5-2)10-15-25(23)34-19(3)27(29)32/h10-15,17,19H,4-9,16,18H2,1-3H3,(H,28,31). The number of unbranched alkanes of at least 4 members (excludes halogenated alkanes) is 3. The number of rotatable bonds is 12. The predicted molar refractivity (Wildman–Crippen MR) is 133 cm³/mol. The molecule has 182 valence electrons. The zero-order valence-corrected chi connectivity index (χ0v) is 20.3. The van der Waals surface area contributed by atoms with Gasteiger partial charge in [-0.05, 0) is 62.2 Å². The van der Waals surface area contributed by atoms with Gasteiger partial charge in [0.15, 0.2) is 11.9 Å². The van der Waals surface area contributed by atoms with Gasteiger partial charge in [0.2, 0.25) is 5.91 Å². The monoisotopic (exact) mass is 466 g/mol. The van der Waals surface area contributed by atoms with Gasteiger partial charge >= 0.3 is 0 Å². The van der Waals surface area contributed by atoms with Crippen LogP contribution in [0.1, 0.15) is 69.7 Å². The minimum atomic E-state index is -0.716. The van der Waals surface area contributed by atoms with Gasteiger partial charge < -0.3 is 14.8 Å². The second kappa shape index (κ2) is 12.2. The molecule has 3 rings (SSSR count). The van der Waals surface area contributed by atoms with E-state index in [0.717, 1.165) is 25.0 Å². The molecule has 0 aliphatic carbocycles. The molecule has 1 unspecified atom stereocenters. The molecule has 0 radical (unpaired) electrons. The molecule has 1 atom stereocenters. The highest BCUT2D eigenvalue weighted by Crippen LogP contribution is 2.35. The van der Waals surface area contributed by atoms with Gasteiger partial charge in [-0.3, -0.25) is 19.3 Å². The Hall–Kier alpha value is -3.35. The van der Waals surface area contributed by atoms with Crippen molar-refractivity contribution < 1.29 is 23.9 Å². The molecule has 2 aromatic rings. The second-order valence-corrected chi connectivity index (χ2v) is 8.52. The molecular formula is C27H34N2O5. The average molecular weight is 467 g/mol. The average Bonchev–Trinajstić information content (AvgIpc) is 2.83. The molecule has 2 amide bonds. The van der Waals surface area contributed by atoms with Crippen LogP contribution in [0.4, 0.5) is 11.4 Å². The first-order chi connectivity index (χ1) is 16.4. The van der Waals surface area contributed by atoms with Gasteiger partial charge in [0.05, 0.1) is 12.3 Å². The topological polar surface area (TPSA) is 84.9 Å². The molecule has 7 heteroatoms. The lowest BCUT2D eigenvalue weighted by Gasteiger charge is -2.32. The maximum atomic E-state index is 12.8. The van der Waals surface area contributed by atoms with Gasteiger partial charge in [-0.25, -0.2) is 0 Å².